The molecule has 1 fully saturated rings. The molecule has 1 saturated carbocycles. The fourth-order valence-electron chi connectivity index (χ4n) is 3.04. The summed E-state index contributed by atoms with van der Waals surface area (Å²) in [6.07, 6.45) is 3.63. The topological polar surface area (TPSA) is 37.8 Å². The van der Waals surface area contributed by atoms with E-state index in [1.807, 2.05) is 0 Å². The number of aromatic nitrogens is 2. The summed E-state index contributed by atoms with van der Waals surface area (Å²) in [4.78, 5) is 9.76. The first kappa shape index (κ1) is 13.5. The average molecular weight is 391 g/mol. The minimum atomic E-state index is 0.383. The lowest BCUT2D eigenvalue weighted by Gasteiger charge is -2.29. The predicted molar refractivity (Wildman–Crippen MR) is 92.9 cm³/mol. The van der Waals surface area contributed by atoms with Gasteiger partial charge in [-0.15, -0.1) is 0 Å². The van der Waals surface area contributed by atoms with Gasteiger partial charge in [-0.2, -0.15) is 0 Å². The first-order chi connectivity index (χ1) is 10.3. The highest BCUT2D eigenvalue weighted by molar-refractivity contribution is 14.1. The fraction of sp³-hybridized carbons (Fsp3) is 0.412. The molecular weight excluding hydrogens is 373 g/mol. The SMILES string of the molecule is CCNc1nc(C2Cc3ccccc32)nc(C2CC2)c1I. The number of benzene rings is 1. The van der Waals surface area contributed by atoms with Gasteiger partial charge in [-0.25, -0.2) is 9.97 Å². The predicted octanol–water partition coefficient (Wildman–Crippen LogP) is 4.08. The molecule has 4 rings (SSSR count). The quantitative estimate of drug-likeness (QED) is 0.799. The molecule has 2 aromatic rings. The van der Waals surface area contributed by atoms with Gasteiger partial charge in [0.25, 0.3) is 0 Å². The second-order valence-corrected chi connectivity index (χ2v) is 6.97. The van der Waals surface area contributed by atoms with Crippen LogP contribution in [0.25, 0.3) is 0 Å². The molecule has 1 aromatic heterocycles. The molecule has 0 aliphatic heterocycles. The number of nitrogens with one attached hydrogen (secondary N) is 1. The summed E-state index contributed by atoms with van der Waals surface area (Å²) in [5.41, 5.74) is 4.12. The molecule has 1 N–H and O–H groups in total. The normalized spacial score (nSPS) is 19.8. The molecule has 3 nitrogen and oxygen atoms in total. The smallest absolute Gasteiger partial charge is 0.143 e. The van der Waals surface area contributed by atoms with Gasteiger partial charge in [-0.1, -0.05) is 24.3 Å². The second kappa shape index (κ2) is 5.23. The molecule has 0 spiro atoms. The monoisotopic (exact) mass is 391 g/mol. The zero-order valence-electron chi connectivity index (χ0n) is 12.1. The van der Waals surface area contributed by atoms with E-state index in [1.54, 1.807) is 0 Å². The summed E-state index contributed by atoms with van der Waals surface area (Å²) in [5, 5.41) is 3.41. The Labute approximate surface area is 138 Å². The first-order valence-electron chi connectivity index (χ1n) is 7.67. The number of halogens is 1. The van der Waals surface area contributed by atoms with Crippen LogP contribution in [-0.2, 0) is 6.42 Å². The average Bonchev–Trinajstić information content (AvgIpc) is 3.28. The molecule has 1 atom stereocenters. The van der Waals surface area contributed by atoms with E-state index in [-0.39, 0.29) is 0 Å². The summed E-state index contributed by atoms with van der Waals surface area (Å²) in [6.45, 7) is 3.02. The van der Waals surface area contributed by atoms with Gasteiger partial charge in [0, 0.05) is 18.4 Å². The van der Waals surface area contributed by atoms with E-state index in [0.717, 1.165) is 24.6 Å². The standard InChI is InChI=1S/C17H18IN3/c1-2-19-17-14(18)15(10-7-8-10)20-16(21-17)13-9-11-5-3-4-6-12(11)13/h3-6,10,13H,2,7-9H2,1H3,(H,19,20,21). The van der Waals surface area contributed by atoms with Crippen molar-refractivity contribution < 1.29 is 0 Å². The Hall–Kier alpha value is -1.17. The minimum absolute atomic E-state index is 0.383. The van der Waals surface area contributed by atoms with Gasteiger partial charge in [0.1, 0.15) is 11.6 Å². The number of rotatable bonds is 4. The molecular formula is C17H18IN3. The van der Waals surface area contributed by atoms with Gasteiger partial charge in [0.2, 0.25) is 0 Å². The Morgan fingerprint density at radius 2 is 2.05 bits per heavy atom. The maximum absolute atomic E-state index is 4.94. The molecule has 0 radical (unpaired) electrons. The van der Waals surface area contributed by atoms with Crippen LogP contribution >= 0.6 is 22.6 Å². The van der Waals surface area contributed by atoms with E-state index in [9.17, 15) is 0 Å². The maximum atomic E-state index is 4.94. The molecule has 0 bridgehead atoms. The zero-order chi connectivity index (χ0) is 14.4. The summed E-state index contributed by atoms with van der Waals surface area (Å²) in [7, 11) is 0. The van der Waals surface area contributed by atoms with Crippen LogP contribution in [-0.4, -0.2) is 16.5 Å². The van der Waals surface area contributed by atoms with Crippen molar-refractivity contribution in [2.24, 2.45) is 0 Å². The first-order valence-corrected chi connectivity index (χ1v) is 8.74. The Bertz CT molecular complexity index is 694. The van der Waals surface area contributed by atoms with E-state index in [1.165, 1.54) is 33.2 Å². The molecule has 1 aromatic carbocycles. The number of nitrogens with zero attached hydrogens (tertiary/aromatic N) is 2. The molecule has 0 saturated heterocycles. The minimum Gasteiger partial charge on any atom is -0.369 e. The second-order valence-electron chi connectivity index (χ2n) is 5.89. The van der Waals surface area contributed by atoms with Crippen molar-refractivity contribution in [3.05, 3.63) is 50.5 Å². The van der Waals surface area contributed by atoms with Crippen molar-refractivity contribution in [3.63, 3.8) is 0 Å². The van der Waals surface area contributed by atoms with E-state index >= 15 is 0 Å². The lowest BCUT2D eigenvalue weighted by Crippen LogP contribution is -2.22. The fourth-order valence-corrected chi connectivity index (χ4v) is 3.91. The molecule has 0 amide bonds. The molecule has 4 heteroatoms. The van der Waals surface area contributed by atoms with Crippen molar-refractivity contribution in [3.8, 4) is 0 Å². The summed E-state index contributed by atoms with van der Waals surface area (Å²) >= 11 is 2.40. The number of fused-ring (bicyclic) bond motifs is 1. The van der Waals surface area contributed by atoms with Gasteiger partial charge in [0.05, 0.1) is 9.26 Å². The summed E-state index contributed by atoms with van der Waals surface area (Å²) in [6, 6.07) is 8.66. The van der Waals surface area contributed by atoms with E-state index < -0.39 is 0 Å². The number of hydrogen-bond donors (Lipinski definition) is 1. The van der Waals surface area contributed by atoms with Gasteiger partial charge < -0.3 is 5.32 Å². The molecule has 2 aliphatic carbocycles. The van der Waals surface area contributed by atoms with E-state index in [2.05, 4.69) is 59.1 Å². The van der Waals surface area contributed by atoms with Crippen LogP contribution in [0, 0.1) is 3.57 Å². The van der Waals surface area contributed by atoms with Crippen LogP contribution in [0.4, 0.5) is 5.82 Å². The van der Waals surface area contributed by atoms with Crippen LogP contribution in [0.2, 0.25) is 0 Å². The third kappa shape index (κ3) is 2.33. The van der Waals surface area contributed by atoms with Crippen LogP contribution in [0.3, 0.4) is 0 Å². The van der Waals surface area contributed by atoms with Gasteiger partial charge in [0.15, 0.2) is 0 Å². The van der Waals surface area contributed by atoms with Crippen LogP contribution < -0.4 is 5.32 Å². The largest absolute Gasteiger partial charge is 0.369 e. The lowest BCUT2D eigenvalue weighted by molar-refractivity contribution is 0.652. The van der Waals surface area contributed by atoms with Crippen molar-refractivity contribution in [2.75, 3.05) is 11.9 Å². The summed E-state index contributed by atoms with van der Waals surface area (Å²) in [5.74, 6) is 3.07. The lowest BCUT2D eigenvalue weighted by atomic mass is 9.77. The van der Waals surface area contributed by atoms with Crippen LogP contribution in [0.15, 0.2) is 24.3 Å². The van der Waals surface area contributed by atoms with Crippen molar-refractivity contribution >= 4 is 28.4 Å². The summed E-state index contributed by atoms with van der Waals surface area (Å²) < 4.78 is 1.22. The van der Waals surface area contributed by atoms with Gasteiger partial charge in [-0.05, 0) is 59.9 Å². The van der Waals surface area contributed by atoms with Crippen molar-refractivity contribution in [2.45, 2.75) is 38.0 Å². The Kier molecular flexibility index (Phi) is 3.36. The Morgan fingerprint density at radius 1 is 1.24 bits per heavy atom. The molecule has 21 heavy (non-hydrogen) atoms. The third-order valence-electron chi connectivity index (χ3n) is 4.37. The van der Waals surface area contributed by atoms with Gasteiger partial charge in [-0.3, -0.25) is 0 Å². The Balaban J connectivity index is 1.76. The molecule has 2 aliphatic rings. The molecule has 1 heterocycles. The van der Waals surface area contributed by atoms with Crippen molar-refractivity contribution in [1.82, 2.24) is 9.97 Å². The third-order valence-corrected chi connectivity index (χ3v) is 5.43. The number of anilines is 1. The van der Waals surface area contributed by atoms with Crippen molar-refractivity contribution in [1.29, 1.82) is 0 Å². The van der Waals surface area contributed by atoms with E-state index in [4.69, 9.17) is 9.97 Å². The highest BCUT2D eigenvalue weighted by Crippen LogP contribution is 2.44. The molecule has 108 valence electrons. The van der Waals surface area contributed by atoms with Crippen LogP contribution in [0.1, 0.15) is 54.2 Å². The molecule has 1 unspecified atom stereocenters. The highest BCUT2D eigenvalue weighted by Gasteiger charge is 2.34. The highest BCUT2D eigenvalue weighted by atomic mass is 127. The maximum Gasteiger partial charge on any atom is 0.143 e. The van der Waals surface area contributed by atoms with Crippen LogP contribution in [0.5, 0.6) is 0 Å². The number of hydrogen-bond acceptors (Lipinski definition) is 3. The Morgan fingerprint density at radius 3 is 2.76 bits per heavy atom. The van der Waals surface area contributed by atoms with Gasteiger partial charge >= 0.3 is 0 Å². The van der Waals surface area contributed by atoms with E-state index in [0.29, 0.717) is 11.8 Å². The zero-order valence-corrected chi connectivity index (χ0v) is 14.2.